The van der Waals surface area contributed by atoms with E-state index < -0.39 is 0 Å². The van der Waals surface area contributed by atoms with E-state index in [2.05, 4.69) is 29.3 Å². The summed E-state index contributed by atoms with van der Waals surface area (Å²) in [6.45, 7) is 6.00. The van der Waals surface area contributed by atoms with Crippen LogP contribution in [0.15, 0.2) is 64.7 Å². The van der Waals surface area contributed by atoms with Crippen LogP contribution in [0.1, 0.15) is 23.8 Å². The van der Waals surface area contributed by atoms with Crippen LogP contribution < -0.4 is 15.4 Å². The zero-order chi connectivity index (χ0) is 18.7. The highest BCUT2D eigenvalue weighted by Gasteiger charge is 2.21. The number of thioether (sulfide) groups is 1. The van der Waals surface area contributed by atoms with Crippen molar-refractivity contribution in [2.45, 2.75) is 18.9 Å². The van der Waals surface area contributed by atoms with Gasteiger partial charge in [0.25, 0.3) is 0 Å². The molecule has 5 nitrogen and oxygen atoms in total. The van der Waals surface area contributed by atoms with Crippen LogP contribution in [0.3, 0.4) is 0 Å². The molecule has 0 aliphatic carbocycles. The minimum absolute atomic E-state index is 0.200. The third-order valence-electron chi connectivity index (χ3n) is 4.25. The number of aliphatic imine (C=N–C) groups is 1. The Morgan fingerprint density at radius 3 is 3.07 bits per heavy atom. The maximum Gasteiger partial charge on any atom is 0.191 e. The highest BCUT2D eigenvalue weighted by Crippen LogP contribution is 2.31. The summed E-state index contributed by atoms with van der Waals surface area (Å²) in [7, 11) is 0. The Balaban J connectivity index is 1.60. The number of nitrogens with one attached hydrogen (secondary N) is 2. The fraction of sp³-hybridized carbons (Fsp3) is 0.381. The Morgan fingerprint density at radius 1 is 1.30 bits per heavy atom. The van der Waals surface area contributed by atoms with Gasteiger partial charge in [-0.05, 0) is 18.2 Å². The van der Waals surface area contributed by atoms with Gasteiger partial charge < -0.3 is 19.8 Å². The van der Waals surface area contributed by atoms with E-state index in [1.807, 2.05) is 42.1 Å². The van der Waals surface area contributed by atoms with Crippen molar-refractivity contribution < 1.29 is 9.15 Å². The van der Waals surface area contributed by atoms with Gasteiger partial charge in [0.1, 0.15) is 11.5 Å². The van der Waals surface area contributed by atoms with Crippen LogP contribution in [-0.2, 0) is 6.42 Å². The van der Waals surface area contributed by atoms with Gasteiger partial charge in [-0.1, -0.05) is 24.3 Å². The number of fused-ring (bicyclic) bond motifs is 1. The molecule has 0 saturated heterocycles. The maximum atomic E-state index is 5.77. The van der Waals surface area contributed by atoms with Crippen LogP contribution in [0.25, 0.3) is 0 Å². The van der Waals surface area contributed by atoms with E-state index >= 15 is 0 Å². The first-order valence-electron chi connectivity index (χ1n) is 9.34. The summed E-state index contributed by atoms with van der Waals surface area (Å²) in [6.07, 6.45) is 5.37. The molecule has 0 amide bonds. The van der Waals surface area contributed by atoms with Crippen molar-refractivity contribution in [3.05, 3.63) is 66.6 Å². The summed E-state index contributed by atoms with van der Waals surface area (Å²) in [5, 5.41) is 7.02. The summed E-state index contributed by atoms with van der Waals surface area (Å²) in [5.41, 5.74) is 1.19. The molecule has 0 fully saturated rings. The van der Waals surface area contributed by atoms with Gasteiger partial charge in [0.05, 0.1) is 25.5 Å². The number of ether oxygens (including phenoxy) is 1. The van der Waals surface area contributed by atoms with Gasteiger partial charge in [0, 0.05) is 36.5 Å². The van der Waals surface area contributed by atoms with Gasteiger partial charge in [-0.2, -0.15) is 11.8 Å². The summed E-state index contributed by atoms with van der Waals surface area (Å²) >= 11 is 1.84. The van der Waals surface area contributed by atoms with Gasteiger partial charge in [-0.25, -0.2) is 0 Å². The lowest BCUT2D eigenvalue weighted by molar-refractivity contribution is 0.261. The standard InChI is InChI=1S/C21H27N3O2S/c1-2-15-27-16-12-23-21(22-11-9-17-6-5-13-25-17)24-19-10-14-26-20-8-4-3-7-18(19)20/h2-8,13,19H,1,9-12,14-16H2,(H2,22,23,24). The molecule has 144 valence electrons. The molecule has 1 atom stereocenters. The zero-order valence-electron chi connectivity index (χ0n) is 15.5. The maximum absolute atomic E-state index is 5.77. The number of benzene rings is 1. The summed E-state index contributed by atoms with van der Waals surface area (Å²) in [5.74, 6) is 4.69. The second-order valence-corrected chi connectivity index (χ2v) is 7.37. The molecule has 0 spiro atoms. The normalized spacial score (nSPS) is 16.3. The molecule has 2 aromatic rings. The van der Waals surface area contributed by atoms with Gasteiger partial charge in [0.15, 0.2) is 5.96 Å². The number of hydrogen-bond acceptors (Lipinski definition) is 4. The van der Waals surface area contributed by atoms with E-state index in [1.54, 1.807) is 6.26 Å². The molecule has 1 aliphatic heterocycles. The Morgan fingerprint density at radius 2 is 2.22 bits per heavy atom. The zero-order valence-corrected chi connectivity index (χ0v) is 16.3. The minimum Gasteiger partial charge on any atom is -0.493 e. The molecule has 6 heteroatoms. The van der Waals surface area contributed by atoms with Crippen molar-refractivity contribution in [1.82, 2.24) is 10.6 Å². The van der Waals surface area contributed by atoms with E-state index in [1.165, 1.54) is 5.56 Å². The van der Waals surface area contributed by atoms with E-state index in [9.17, 15) is 0 Å². The summed E-state index contributed by atoms with van der Waals surface area (Å²) in [6, 6.07) is 12.3. The molecule has 1 aromatic carbocycles. The molecule has 1 aromatic heterocycles. The van der Waals surface area contributed by atoms with Crippen molar-refractivity contribution in [2.24, 2.45) is 4.99 Å². The molecule has 0 saturated carbocycles. The molecular formula is C21H27N3O2S. The van der Waals surface area contributed by atoms with Crippen molar-refractivity contribution in [1.29, 1.82) is 0 Å². The van der Waals surface area contributed by atoms with E-state index in [4.69, 9.17) is 14.1 Å². The fourth-order valence-electron chi connectivity index (χ4n) is 2.96. The van der Waals surface area contributed by atoms with Gasteiger partial charge in [-0.3, -0.25) is 4.99 Å². The van der Waals surface area contributed by atoms with Crippen molar-refractivity contribution in [3.63, 3.8) is 0 Å². The summed E-state index contributed by atoms with van der Waals surface area (Å²) in [4.78, 5) is 4.75. The van der Waals surface area contributed by atoms with Crippen molar-refractivity contribution >= 4 is 17.7 Å². The third-order valence-corrected chi connectivity index (χ3v) is 5.20. The van der Waals surface area contributed by atoms with Gasteiger partial charge >= 0.3 is 0 Å². The first kappa shape index (κ1) is 19.4. The first-order chi connectivity index (χ1) is 13.4. The van der Waals surface area contributed by atoms with Crippen LogP contribution in [-0.4, -0.2) is 37.2 Å². The number of para-hydroxylation sites is 1. The molecule has 1 unspecified atom stereocenters. The molecule has 2 N–H and O–H groups in total. The van der Waals surface area contributed by atoms with Crippen molar-refractivity contribution in [2.75, 3.05) is 31.2 Å². The lowest BCUT2D eigenvalue weighted by Gasteiger charge is -2.28. The van der Waals surface area contributed by atoms with Crippen molar-refractivity contribution in [3.8, 4) is 5.75 Å². The molecular weight excluding hydrogens is 358 g/mol. The van der Waals surface area contributed by atoms with Crippen LogP contribution in [0, 0.1) is 0 Å². The first-order valence-corrected chi connectivity index (χ1v) is 10.5. The molecule has 0 bridgehead atoms. The Hall–Kier alpha value is -2.34. The number of furan rings is 1. The van der Waals surface area contributed by atoms with E-state index in [-0.39, 0.29) is 6.04 Å². The predicted octanol–water partition coefficient (Wildman–Crippen LogP) is 3.80. The monoisotopic (exact) mass is 385 g/mol. The van der Waals surface area contributed by atoms with Crippen LogP contribution in [0.5, 0.6) is 5.75 Å². The second-order valence-electron chi connectivity index (χ2n) is 6.22. The third kappa shape index (κ3) is 6.10. The van der Waals surface area contributed by atoms with Crippen LogP contribution >= 0.6 is 11.8 Å². The quantitative estimate of drug-likeness (QED) is 0.298. The highest BCUT2D eigenvalue weighted by molar-refractivity contribution is 7.99. The van der Waals surface area contributed by atoms with E-state index in [0.29, 0.717) is 6.61 Å². The fourth-order valence-corrected chi connectivity index (χ4v) is 3.51. The largest absolute Gasteiger partial charge is 0.493 e. The minimum atomic E-state index is 0.200. The van der Waals surface area contributed by atoms with Gasteiger partial charge in [-0.15, -0.1) is 6.58 Å². The highest BCUT2D eigenvalue weighted by atomic mass is 32.2. The Kier molecular flexibility index (Phi) is 7.71. The van der Waals surface area contributed by atoms with Gasteiger partial charge in [0.2, 0.25) is 0 Å². The molecule has 27 heavy (non-hydrogen) atoms. The topological polar surface area (TPSA) is 58.8 Å². The number of nitrogens with zero attached hydrogens (tertiary/aromatic N) is 1. The molecule has 1 aliphatic rings. The number of guanidine groups is 1. The predicted molar refractivity (Wildman–Crippen MR) is 113 cm³/mol. The Bertz CT molecular complexity index is 731. The lowest BCUT2D eigenvalue weighted by atomic mass is 10.0. The number of rotatable bonds is 9. The lowest BCUT2D eigenvalue weighted by Crippen LogP contribution is -2.42. The molecule has 0 radical (unpaired) electrons. The average molecular weight is 386 g/mol. The smallest absolute Gasteiger partial charge is 0.191 e. The summed E-state index contributed by atoms with van der Waals surface area (Å²) < 4.78 is 11.2. The second kappa shape index (κ2) is 10.7. The Labute approximate surface area is 165 Å². The SMILES string of the molecule is C=CCSCCN=C(NCCc1ccco1)NC1CCOc2ccccc21. The van der Waals surface area contributed by atoms with Crippen LogP contribution in [0.2, 0.25) is 0 Å². The molecule has 3 rings (SSSR count). The van der Waals surface area contributed by atoms with E-state index in [0.717, 1.165) is 54.9 Å². The number of hydrogen-bond donors (Lipinski definition) is 2. The van der Waals surface area contributed by atoms with Crippen LogP contribution in [0.4, 0.5) is 0 Å². The molecule has 2 heterocycles. The average Bonchev–Trinajstić information content (AvgIpc) is 3.21.